The second-order valence-electron chi connectivity index (χ2n) is 6.62. The maximum absolute atomic E-state index is 13.7. The van der Waals surface area contributed by atoms with E-state index in [-0.39, 0.29) is 16.7 Å². The molecule has 1 aliphatic heterocycles. The van der Waals surface area contributed by atoms with Crippen LogP contribution in [0, 0.1) is 12.7 Å². The van der Waals surface area contributed by atoms with Crippen LogP contribution in [0.15, 0.2) is 47.4 Å². The van der Waals surface area contributed by atoms with Crippen molar-refractivity contribution in [3.05, 3.63) is 54.1 Å². The number of rotatable bonds is 4. The minimum Gasteiger partial charge on any atom is -0.495 e. The Bertz CT molecular complexity index is 1110. The van der Waals surface area contributed by atoms with Crippen LogP contribution in [-0.4, -0.2) is 42.5 Å². The Morgan fingerprint density at radius 3 is 2.78 bits per heavy atom. The number of para-hydroxylation sites is 2. The SMILES string of the molecule is COc1ccc(F)cc1S(=O)(=O)N1CCC(n2c(C)nc3ccccc32)C1. The Morgan fingerprint density at radius 2 is 2.00 bits per heavy atom. The van der Waals surface area contributed by atoms with Crippen molar-refractivity contribution < 1.29 is 17.5 Å². The van der Waals surface area contributed by atoms with E-state index in [2.05, 4.69) is 9.55 Å². The molecule has 6 nitrogen and oxygen atoms in total. The lowest BCUT2D eigenvalue weighted by Crippen LogP contribution is -2.29. The maximum Gasteiger partial charge on any atom is 0.246 e. The predicted molar refractivity (Wildman–Crippen MR) is 99.8 cm³/mol. The average Bonchev–Trinajstić information content (AvgIpc) is 3.25. The van der Waals surface area contributed by atoms with Gasteiger partial charge in [-0.1, -0.05) is 12.1 Å². The summed E-state index contributed by atoms with van der Waals surface area (Å²) >= 11 is 0. The molecule has 1 aliphatic rings. The number of nitrogens with zero attached hydrogens (tertiary/aromatic N) is 3. The first kappa shape index (κ1) is 17.9. The molecule has 1 saturated heterocycles. The number of ether oxygens (including phenoxy) is 1. The first-order valence-corrected chi connectivity index (χ1v) is 10.1. The summed E-state index contributed by atoms with van der Waals surface area (Å²) < 4.78 is 48.5. The van der Waals surface area contributed by atoms with Crippen LogP contribution >= 0.6 is 0 Å². The number of sulfonamides is 1. The number of halogens is 1. The van der Waals surface area contributed by atoms with Gasteiger partial charge in [-0.05, 0) is 43.7 Å². The lowest BCUT2D eigenvalue weighted by atomic mass is 10.2. The number of hydrogen-bond donors (Lipinski definition) is 0. The first-order chi connectivity index (χ1) is 12.9. The summed E-state index contributed by atoms with van der Waals surface area (Å²) in [7, 11) is -2.48. The average molecular weight is 389 g/mol. The molecule has 1 unspecified atom stereocenters. The molecular weight excluding hydrogens is 369 g/mol. The molecule has 1 fully saturated rings. The van der Waals surface area contributed by atoms with Gasteiger partial charge in [-0.2, -0.15) is 4.31 Å². The summed E-state index contributed by atoms with van der Waals surface area (Å²) in [4.78, 5) is 4.43. The Morgan fingerprint density at radius 1 is 1.22 bits per heavy atom. The smallest absolute Gasteiger partial charge is 0.246 e. The Kier molecular flexibility index (Phi) is 4.39. The first-order valence-electron chi connectivity index (χ1n) is 8.69. The molecule has 27 heavy (non-hydrogen) atoms. The number of aromatic nitrogens is 2. The van der Waals surface area contributed by atoms with Crippen LogP contribution in [0.1, 0.15) is 18.3 Å². The van der Waals surface area contributed by atoms with Gasteiger partial charge in [-0.3, -0.25) is 0 Å². The molecule has 3 aromatic rings. The van der Waals surface area contributed by atoms with E-state index in [1.807, 2.05) is 31.2 Å². The lowest BCUT2D eigenvalue weighted by Gasteiger charge is -2.19. The van der Waals surface area contributed by atoms with Crippen LogP contribution in [0.3, 0.4) is 0 Å². The second kappa shape index (κ2) is 6.61. The van der Waals surface area contributed by atoms with Gasteiger partial charge in [0.1, 0.15) is 22.3 Å². The molecule has 2 heterocycles. The van der Waals surface area contributed by atoms with Crippen molar-refractivity contribution >= 4 is 21.1 Å². The standard InChI is InChI=1S/C19H20FN3O3S/c1-13-21-16-5-3-4-6-17(16)23(13)15-9-10-22(12-15)27(24,25)19-11-14(20)7-8-18(19)26-2/h3-8,11,15H,9-10,12H2,1-2H3. The summed E-state index contributed by atoms with van der Waals surface area (Å²) in [5, 5.41) is 0. The van der Waals surface area contributed by atoms with E-state index >= 15 is 0 Å². The van der Waals surface area contributed by atoms with Crippen molar-refractivity contribution in [2.45, 2.75) is 24.3 Å². The van der Waals surface area contributed by atoms with E-state index in [0.29, 0.717) is 19.5 Å². The third kappa shape index (κ3) is 2.98. The summed E-state index contributed by atoms with van der Waals surface area (Å²) in [5.74, 6) is 0.384. The van der Waals surface area contributed by atoms with Crippen molar-refractivity contribution in [3.63, 3.8) is 0 Å². The summed E-state index contributed by atoms with van der Waals surface area (Å²) in [5.41, 5.74) is 1.88. The number of fused-ring (bicyclic) bond motifs is 1. The Hall–Kier alpha value is -2.45. The van der Waals surface area contributed by atoms with E-state index in [9.17, 15) is 12.8 Å². The molecule has 0 saturated carbocycles. The summed E-state index contributed by atoms with van der Waals surface area (Å²) in [6.45, 7) is 2.59. The zero-order valence-corrected chi connectivity index (χ0v) is 15.9. The Labute approximate surface area is 157 Å². The van der Waals surface area contributed by atoms with Gasteiger partial charge in [0.2, 0.25) is 10.0 Å². The molecule has 142 valence electrons. The number of hydrogen-bond acceptors (Lipinski definition) is 4. The van der Waals surface area contributed by atoms with Crippen LogP contribution in [0.5, 0.6) is 5.75 Å². The highest BCUT2D eigenvalue weighted by atomic mass is 32.2. The largest absolute Gasteiger partial charge is 0.495 e. The molecule has 0 radical (unpaired) electrons. The monoisotopic (exact) mass is 389 g/mol. The van der Waals surface area contributed by atoms with E-state index in [4.69, 9.17) is 4.74 Å². The molecule has 1 aromatic heterocycles. The van der Waals surface area contributed by atoms with Gasteiger partial charge in [0.05, 0.1) is 24.2 Å². The number of aryl methyl sites for hydroxylation is 1. The number of benzene rings is 2. The van der Waals surface area contributed by atoms with Crippen LogP contribution in [-0.2, 0) is 10.0 Å². The molecule has 2 aromatic carbocycles. The third-order valence-corrected chi connectivity index (χ3v) is 6.89. The predicted octanol–water partition coefficient (Wildman–Crippen LogP) is 3.13. The van der Waals surface area contributed by atoms with Crippen molar-refractivity contribution in [2.24, 2.45) is 0 Å². The summed E-state index contributed by atoms with van der Waals surface area (Å²) in [6.07, 6.45) is 0.665. The molecule has 0 N–H and O–H groups in total. The van der Waals surface area contributed by atoms with Crippen LogP contribution in [0.25, 0.3) is 11.0 Å². The topological polar surface area (TPSA) is 64.4 Å². The van der Waals surface area contributed by atoms with Gasteiger partial charge in [-0.25, -0.2) is 17.8 Å². The normalized spacial score (nSPS) is 18.3. The van der Waals surface area contributed by atoms with Gasteiger partial charge in [0.15, 0.2) is 0 Å². The summed E-state index contributed by atoms with van der Waals surface area (Å²) in [6, 6.07) is 11.3. The van der Waals surface area contributed by atoms with Crippen LogP contribution < -0.4 is 4.74 Å². The lowest BCUT2D eigenvalue weighted by molar-refractivity contribution is 0.395. The van der Waals surface area contributed by atoms with Crippen molar-refractivity contribution in [2.75, 3.05) is 20.2 Å². The highest BCUT2D eigenvalue weighted by Crippen LogP contribution is 2.34. The number of imidazole rings is 1. The molecule has 0 aliphatic carbocycles. The highest BCUT2D eigenvalue weighted by molar-refractivity contribution is 7.89. The van der Waals surface area contributed by atoms with E-state index in [0.717, 1.165) is 22.9 Å². The maximum atomic E-state index is 13.7. The fourth-order valence-electron chi connectivity index (χ4n) is 3.76. The highest BCUT2D eigenvalue weighted by Gasteiger charge is 2.36. The second-order valence-corrected chi connectivity index (χ2v) is 8.52. The molecule has 0 spiro atoms. The third-order valence-electron chi connectivity index (χ3n) is 5.01. The van der Waals surface area contributed by atoms with E-state index in [1.54, 1.807) is 0 Å². The fourth-order valence-corrected chi connectivity index (χ4v) is 5.42. The van der Waals surface area contributed by atoms with E-state index < -0.39 is 15.8 Å². The van der Waals surface area contributed by atoms with Gasteiger partial charge < -0.3 is 9.30 Å². The Balaban J connectivity index is 1.68. The minimum absolute atomic E-state index is 0.0215. The van der Waals surface area contributed by atoms with Gasteiger partial charge in [0.25, 0.3) is 0 Å². The molecule has 1 atom stereocenters. The van der Waals surface area contributed by atoms with Gasteiger partial charge >= 0.3 is 0 Å². The molecular formula is C19H20FN3O3S. The van der Waals surface area contributed by atoms with E-state index in [1.165, 1.54) is 23.5 Å². The number of methoxy groups -OCH3 is 1. The van der Waals surface area contributed by atoms with Crippen molar-refractivity contribution in [3.8, 4) is 5.75 Å². The van der Waals surface area contributed by atoms with Gasteiger partial charge in [-0.15, -0.1) is 0 Å². The van der Waals surface area contributed by atoms with Crippen LogP contribution in [0.4, 0.5) is 4.39 Å². The van der Waals surface area contributed by atoms with Crippen molar-refractivity contribution in [1.29, 1.82) is 0 Å². The minimum atomic E-state index is -3.86. The molecule has 0 bridgehead atoms. The zero-order chi connectivity index (χ0) is 19.2. The molecule has 8 heteroatoms. The molecule has 0 amide bonds. The quantitative estimate of drug-likeness (QED) is 0.688. The van der Waals surface area contributed by atoms with Crippen molar-refractivity contribution in [1.82, 2.24) is 13.9 Å². The fraction of sp³-hybridized carbons (Fsp3) is 0.316. The van der Waals surface area contributed by atoms with Gasteiger partial charge in [0, 0.05) is 13.1 Å². The molecule has 4 rings (SSSR count). The van der Waals surface area contributed by atoms with Crippen LogP contribution in [0.2, 0.25) is 0 Å². The zero-order valence-electron chi connectivity index (χ0n) is 15.1.